The molecular weight excluding hydrogens is 346 g/mol. The fourth-order valence-electron chi connectivity index (χ4n) is 2.64. The molecule has 0 spiro atoms. The second-order valence-corrected chi connectivity index (χ2v) is 6.93. The summed E-state index contributed by atoms with van der Waals surface area (Å²) in [5, 5.41) is 12.9. The zero-order valence-corrected chi connectivity index (χ0v) is 14.7. The van der Waals surface area contributed by atoms with Crippen molar-refractivity contribution >= 4 is 35.0 Å². The van der Waals surface area contributed by atoms with Crippen molar-refractivity contribution < 1.29 is 9.52 Å². The first-order valence-electron chi connectivity index (χ1n) is 7.73. The summed E-state index contributed by atoms with van der Waals surface area (Å²) in [6.07, 6.45) is 1.44. The molecule has 1 aliphatic rings. The van der Waals surface area contributed by atoms with Gasteiger partial charge in [0.15, 0.2) is 6.20 Å². The average Bonchev–Trinajstić information content (AvgIpc) is 2.61. The second-order valence-electron chi connectivity index (χ2n) is 5.50. The lowest BCUT2D eigenvalue weighted by Gasteiger charge is -2.36. The van der Waals surface area contributed by atoms with Crippen LogP contribution in [-0.2, 0) is 4.79 Å². The lowest BCUT2D eigenvalue weighted by Crippen LogP contribution is -2.49. The number of halogens is 1. The molecule has 0 bridgehead atoms. The molecule has 0 N–H and O–H groups in total. The zero-order valence-electron chi connectivity index (χ0n) is 13.1. The fraction of sp³-hybridized carbons (Fsp3) is 0.294. The van der Waals surface area contributed by atoms with Crippen molar-refractivity contribution in [1.82, 2.24) is 4.90 Å². The molecule has 1 aliphatic heterocycles. The third-order valence-corrected chi connectivity index (χ3v) is 5.18. The maximum Gasteiger partial charge on any atom is 0.251 e. The minimum atomic E-state index is 0.0644. The van der Waals surface area contributed by atoms with Crippen molar-refractivity contribution in [2.75, 3.05) is 36.8 Å². The number of amides is 1. The topological polar surface area (TPSA) is 50.5 Å². The predicted molar refractivity (Wildman–Crippen MR) is 96.4 cm³/mol. The van der Waals surface area contributed by atoms with Crippen LogP contribution in [0.1, 0.15) is 0 Å². The Kier molecular flexibility index (Phi) is 5.48. The van der Waals surface area contributed by atoms with Crippen LogP contribution < -0.4 is 9.63 Å². The number of thioether (sulfide) groups is 1. The molecule has 24 heavy (non-hydrogen) atoms. The van der Waals surface area contributed by atoms with Gasteiger partial charge in [0.2, 0.25) is 5.91 Å². The summed E-state index contributed by atoms with van der Waals surface area (Å²) in [5.41, 5.74) is 1.08. The Morgan fingerprint density at radius 3 is 2.67 bits per heavy atom. The van der Waals surface area contributed by atoms with Crippen LogP contribution in [0.4, 0.5) is 5.69 Å². The van der Waals surface area contributed by atoms with Gasteiger partial charge < -0.3 is 15.0 Å². The molecule has 7 heteroatoms. The molecule has 0 saturated carbocycles. The van der Waals surface area contributed by atoms with Crippen LogP contribution in [0.25, 0.3) is 0 Å². The standard InChI is InChI=1S/C17H18ClN3O2S/c18-14-4-3-5-15(12-14)19-8-10-20(11-9-19)16(22)13-24-17-6-1-2-7-21(17)23/h1-7,12H,8-11,13H2. The molecule has 126 valence electrons. The van der Waals surface area contributed by atoms with Crippen molar-refractivity contribution in [3.05, 3.63) is 58.9 Å². The third-order valence-electron chi connectivity index (χ3n) is 3.94. The summed E-state index contributed by atoms with van der Waals surface area (Å²) < 4.78 is 0.787. The Labute approximate surface area is 150 Å². The van der Waals surface area contributed by atoms with Gasteiger partial charge in [-0.05, 0) is 36.0 Å². The van der Waals surface area contributed by atoms with Crippen molar-refractivity contribution in [2.24, 2.45) is 0 Å². The number of rotatable bonds is 4. The molecule has 1 amide bonds. The first kappa shape index (κ1) is 16.9. The van der Waals surface area contributed by atoms with Gasteiger partial charge in [-0.2, -0.15) is 4.73 Å². The summed E-state index contributed by atoms with van der Waals surface area (Å²) in [7, 11) is 0. The van der Waals surface area contributed by atoms with Gasteiger partial charge in [0, 0.05) is 49.0 Å². The van der Waals surface area contributed by atoms with E-state index in [9.17, 15) is 10.0 Å². The first-order valence-corrected chi connectivity index (χ1v) is 9.09. The third kappa shape index (κ3) is 4.13. The molecule has 0 radical (unpaired) electrons. The van der Waals surface area contributed by atoms with Crippen LogP contribution in [0.5, 0.6) is 0 Å². The van der Waals surface area contributed by atoms with Crippen molar-refractivity contribution in [2.45, 2.75) is 5.03 Å². The smallest absolute Gasteiger partial charge is 0.251 e. The highest BCUT2D eigenvalue weighted by molar-refractivity contribution is 7.99. The van der Waals surface area contributed by atoms with Gasteiger partial charge in [0.05, 0.1) is 5.75 Å². The highest BCUT2D eigenvalue weighted by Crippen LogP contribution is 2.21. The Morgan fingerprint density at radius 1 is 1.17 bits per heavy atom. The number of aromatic nitrogens is 1. The molecule has 2 heterocycles. The van der Waals surface area contributed by atoms with Gasteiger partial charge in [-0.25, -0.2) is 0 Å². The van der Waals surface area contributed by atoms with E-state index >= 15 is 0 Å². The van der Waals surface area contributed by atoms with Crippen LogP contribution in [0, 0.1) is 5.21 Å². The monoisotopic (exact) mass is 363 g/mol. The maximum absolute atomic E-state index is 12.3. The minimum absolute atomic E-state index is 0.0644. The van der Waals surface area contributed by atoms with Gasteiger partial charge in [-0.15, -0.1) is 0 Å². The maximum atomic E-state index is 12.3. The first-order chi connectivity index (χ1) is 11.6. The predicted octanol–water partition coefficient (Wildman–Crippen LogP) is 2.41. The lowest BCUT2D eigenvalue weighted by molar-refractivity contribution is -0.645. The van der Waals surface area contributed by atoms with E-state index < -0.39 is 0 Å². The molecule has 2 aromatic rings. The van der Waals surface area contributed by atoms with Gasteiger partial charge >= 0.3 is 0 Å². The zero-order chi connectivity index (χ0) is 16.9. The van der Waals surface area contributed by atoms with Gasteiger partial charge in [0.1, 0.15) is 0 Å². The number of benzene rings is 1. The van der Waals surface area contributed by atoms with E-state index in [0.717, 1.165) is 28.5 Å². The van der Waals surface area contributed by atoms with E-state index in [1.165, 1.54) is 18.0 Å². The van der Waals surface area contributed by atoms with Crippen LogP contribution in [0.15, 0.2) is 53.7 Å². The lowest BCUT2D eigenvalue weighted by atomic mass is 10.2. The van der Waals surface area contributed by atoms with E-state index in [1.54, 1.807) is 18.2 Å². The Morgan fingerprint density at radius 2 is 1.96 bits per heavy atom. The quantitative estimate of drug-likeness (QED) is 0.475. The number of anilines is 1. The number of hydrogen-bond donors (Lipinski definition) is 0. The Balaban J connectivity index is 1.51. The number of hydrogen-bond acceptors (Lipinski definition) is 4. The summed E-state index contributed by atoms with van der Waals surface area (Å²) in [4.78, 5) is 16.4. The highest BCUT2D eigenvalue weighted by atomic mass is 35.5. The molecule has 0 atom stereocenters. The van der Waals surface area contributed by atoms with Gasteiger partial charge in [0.25, 0.3) is 5.03 Å². The molecule has 1 aromatic heterocycles. The minimum Gasteiger partial charge on any atom is -0.618 e. The molecular formula is C17H18ClN3O2S. The molecule has 3 rings (SSSR count). The SMILES string of the molecule is O=C(CSc1cccc[n+]1[O-])N1CCN(c2cccc(Cl)c2)CC1. The van der Waals surface area contributed by atoms with E-state index in [1.807, 2.05) is 29.2 Å². The van der Waals surface area contributed by atoms with Crippen molar-refractivity contribution in [3.63, 3.8) is 0 Å². The van der Waals surface area contributed by atoms with Crippen LogP contribution in [0.2, 0.25) is 5.02 Å². The molecule has 0 unspecified atom stereocenters. The van der Waals surface area contributed by atoms with Crippen molar-refractivity contribution in [3.8, 4) is 0 Å². The number of piperazine rings is 1. The number of nitrogens with zero attached hydrogens (tertiary/aromatic N) is 3. The Hall–Kier alpha value is -1.92. The molecule has 1 saturated heterocycles. The summed E-state index contributed by atoms with van der Waals surface area (Å²) in [5.74, 6) is 0.346. The molecule has 1 aromatic carbocycles. The van der Waals surface area contributed by atoms with Gasteiger partial charge in [-0.1, -0.05) is 17.7 Å². The van der Waals surface area contributed by atoms with Crippen LogP contribution in [-0.4, -0.2) is 42.7 Å². The largest absolute Gasteiger partial charge is 0.618 e. The summed E-state index contributed by atoms with van der Waals surface area (Å²) in [6.45, 7) is 2.92. The molecule has 0 aliphatic carbocycles. The normalized spacial score (nSPS) is 14.7. The van der Waals surface area contributed by atoms with E-state index in [0.29, 0.717) is 18.1 Å². The second kappa shape index (κ2) is 7.77. The van der Waals surface area contributed by atoms with Crippen molar-refractivity contribution in [1.29, 1.82) is 0 Å². The van der Waals surface area contributed by atoms with Crippen LogP contribution >= 0.6 is 23.4 Å². The van der Waals surface area contributed by atoms with E-state index in [4.69, 9.17) is 11.6 Å². The average molecular weight is 364 g/mol. The molecule has 1 fully saturated rings. The number of pyridine rings is 1. The van der Waals surface area contributed by atoms with Crippen LogP contribution in [0.3, 0.4) is 0 Å². The Bertz CT molecular complexity index is 720. The van der Waals surface area contributed by atoms with Gasteiger partial charge in [-0.3, -0.25) is 4.79 Å². The van der Waals surface area contributed by atoms with E-state index in [-0.39, 0.29) is 11.7 Å². The molecule has 5 nitrogen and oxygen atoms in total. The number of carbonyl (C=O) groups is 1. The van der Waals surface area contributed by atoms with E-state index in [2.05, 4.69) is 4.90 Å². The summed E-state index contributed by atoms with van der Waals surface area (Å²) >= 11 is 7.31. The fourth-order valence-corrected chi connectivity index (χ4v) is 3.64. The summed E-state index contributed by atoms with van der Waals surface area (Å²) in [6, 6.07) is 13.0. The number of carbonyl (C=O) groups excluding carboxylic acids is 1. The highest BCUT2D eigenvalue weighted by Gasteiger charge is 2.22.